The molecule has 0 aliphatic rings. The Morgan fingerprint density at radius 2 is 1.36 bits per heavy atom. The molecule has 0 aliphatic heterocycles. The fraction of sp³-hybridized carbons (Fsp3) is 0.391. The van der Waals surface area contributed by atoms with E-state index in [1.54, 1.807) is 0 Å². The smallest absolute Gasteiger partial charge is 0.314 e. The molecule has 0 bridgehead atoms. The lowest BCUT2D eigenvalue weighted by atomic mass is 9.88. The maximum atomic E-state index is 12.0. The summed E-state index contributed by atoms with van der Waals surface area (Å²) in [7, 11) is 0. The van der Waals surface area contributed by atoms with Crippen molar-refractivity contribution < 1.29 is 14.3 Å². The van der Waals surface area contributed by atoms with E-state index in [1.807, 2.05) is 57.2 Å². The van der Waals surface area contributed by atoms with Crippen LogP contribution in [0.2, 0.25) is 0 Å². The van der Waals surface area contributed by atoms with Gasteiger partial charge in [0.15, 0.2) is 0 Å². The number of urea groups is 1. The average molecular weight is 383 g/mol. The van der Waals surface area contributed by atoms with Gasteiger partial charge in [-0.25, -0.2) is 4.79 Å². The van der Waals surface area contributed by atoms with Crippen molar-refractivity contribution in [1.82, 2.24) is 10.6 Å². The normalized spacial score (nSPS) is 11.1. The molecule has 0 aliphatic carbocycles. The lowest BCUT2D eigenvalue weighted by molar-refractivity contribution is -0.154. The number of hydrogen-bond donors (Lipinski definition) is 2. The van der Waals surface area contributed by atoms with Gasteiger partial charge in [-0.3, -0.25) is 4.79 Å². The zero-order valence-electron chi connectivity index (χ0n) is 16.9. The molecule has 2 rings (SSSR count). The van der Waals surface area contributed by atoms with E-state index < -0.39 is 5.60 Å². The van der Waals surface area contributed by atoms with Gasteiger partial charge < -0.3 is 15.4 Å². The molecule has 5 heteroatoms. The van der Waals surface area contributed by atoms with Crippen molar-refractivity contribution in [1.29, 1.82) is 0 Å². The Kier molecular flexibility index (Phi) is 8.05. The number of carbonyl (C=O) groups excluding carboxylic acids is 2. The zero-order chi connectivity index (χ0) is 20.4. The molecule has 0 radical (unpaired) electrons. The van der Waals surface area contributed by atoms with E-state index in [1.165, 1.54) is 11.1 Å². The first-order valence-electron chi connectivity index (χ1n) is 9.68. The molecule has 2 aromatic rings. The molecule has 0 saturated heterocycles. The van der Waals surface area contributed by atoms with Crippen molar-refractivity contribution >= 4 is 12.0 Å². The molecular weight excluding hydrogens is 352 g/mol. The van der Waals surface area contributed by atoms with Crippen molar-refractivity contribution in [3.8, 4) is 0 Å². The van der Waals surface area contributed by atoms with Crippen LogP contribution in [0.4, 0.5) is 4.79 Å². The molecule has 28 heavy (non-hydrogen) atoms. The predicted molar refractivity (Wildman–Crippen MR) is 111 cm³/mol. The van der Waals surface area contributed by atoms with Crippen LogP contribution in [0.5, 0.6) is 0 Å². The molecule has 0 unspecified atom stereocenters. The maximum Gasteiger partial charge on any atom is 0.314 e. The second-order valence-electron chi connectivity index (χ2n) is 7.68. The van der Waals surface area contributed by atoms with Gasteiger partial charge in [0.05, 0.1) is 6.42 Å². The third-order valence-electron chi connectivity index (χ3n) is 4.16. The zero-order valence-corrected chi connectivity index (χ0v) is 16.9. The minimum Gasteiger partial charge on any atom is -0.460 e. The Bertz CT molecular complexity index is 700. The Morgan fingerprint density at radius 1 is 0.857 bits per heavy atom. The molecular formula is C23H30N2O3. The van der Waals surface area contributed by atoms with Crippen molar-refractivity contribution in [3.63, 3.8) is 0 Å². The second kappa shape index (κ2) is 10.5. The van der Waals surface area contributed by atoms with E-state index in [-0.39, 0.29) is 30.9 Å². The quantitative estimate of drug-likeness (QED) is 0.671. The molecule has 2 N–H and O–H groups in total. The van der Waals surface area contributed by atoms with Crippen LogP contribution in [-0.4, -0.2) is 30.7 Å². The monoisotopic (exact) mass is 382 g/mol. The van der Waals surface area contributed by atoms with E-state index in [9.17, 15) is 9.59 Å². The molecule has 2 aromatic carbocycles. The summed E-state index contributed by atoms with van der Waals surface area (Å²) in [6, 6.07) is 20.3. The molecule has 150 valence electrons. The van der Waals surface area contributed by atoms with Crippen molar-refractivity contribution in [2.45, 2.75) is 45.1 Å². The van der Waals surface area contributed by atoms with Gasteiger partial charge in [-0.1, -0.05) is 60.7 Å². The van der Waals surface area contributed by atoms with Crippen molar-refractivity contribution in [2.75, 3.05) is 13.1 Å². The van der Waals surface area contributed by atoms with E-state index in [4.69, 9.17) is 4.74 Å². The Morgan fingerprint density at radius 3 is 1.86 bits per heavy atom. The predicted octanol–water partition coefficient (Wildman–Crippen LogP) is 4.24. The lowest BCUT2D eigenvalue weighted by Gasteiger charge is -2.20. The van der Waals surface area contributed by atoms with Gasteiger partial charge in [-0.2, -0.15) is 0 Å². The summed E-state index contributed by atoms with van der Waals surface area (Å²) in [6.45, 7) is 6.25. The molecule has 0 fully saturated rings. The summed E-state index contributed by atoms with van der Waals surface area (Å²) >= 11 is 0. The average Bonchev–Trinajstić information content (AvgIpc) is 2.65. The van der Waals surface area contributed by atoms with E-state index in [0.717, 1.165) is 6.42 Å². The molecule has 0 aromatic heterocycles. The maximum absolute atomic E-state index is 12.0. The van der Waals surface area contributed by atoms with Gasteiger partial charge in [-0.05, 0) is 38.3 Å². The summed E-state index contributed by atoms with van der Waals surface area (Å²) in [5, 5.41) is 5.57. The number of rotatable bonds is 8. The molecule has 5 nitrogen and oxygen atoms in total. The number of carbonyl (C=O) groups is 2. The number of benzene rings is 2. The lowest BCUT2D eigenvalue weighted by Crippen LogP contribution is -2.38. The molecule has 0 saturated carbocycles. The highest BCUT2D eigenvalue weighted by atomic mass is 16.6. The summed E-state index contributed by atoms with van der Waals surface area (Å²) in [6.07, 6.45) is 0.939. The molecule has 0 heterocycles. The van der Waals surface area contributed by atoms with Gasteiger partial charge >= 0.3 is 12.0 Å². The number of ether oxygens (including phenoxy) is 1. The fourth-order valence-corrected chi connectivity index (χ4v) is 2.96. The van der Waals surface area contributed by atoms with Crippen LogP contribution in [0.1, 0.15) is 50.7 Å². The van der Waals surface area contributed by atoms with Gasteiger partial charge in [0, 0.05) is 19.0 Å². The van der Waals surface area contributed by atoms with E-state index >= 15 is 0 Å². The third-order valence-corrected chi connectivity index (χ3v) is 4.16. The number of amides is 2. The first-order chi connectivity index (χ1) is 13.3. The third kappa shape index (κ3) is 7.82. The minimum atomic E-state index is -0.511. The number of esters is 1. The van der Waals surface area contributed by atoms with Crippen LogP contribution in [0.25, 0.3) is 0 Å². The van der Waals surface area contributed by atoms with Gasteiger partial charge in [0.2, 0.25) is 0 Å². The summed E-state index contributed by atoms with van der Waals surface area (Å²) in [5.74, 6) is -0.106. The first kappa shape index (κ1) is 21.5. The van der Waals surface area contributed by atoms with E-state index in [2.05, 4.69) is 34.9 Å². The first-order valence-corrected chi connectivity index (χ1v) is 9.68. The summed E-state index contributed by atoms with van der Waals surface area (Å²) < 4.78 is 5.22. The van der Waals surface area contributed by atoms with Gasteiger partial charge in [0.1, 0.15) is 5.60 Å². The number of hydrogen-bond acceptors (Lipinski definition) is 3. The highest BCUT2D eigenvalue weighted by molar-refractivity contribution is 5.75. The van der Waals surface area contributed by atoms with Crippen LogP contribution in [0, 0.1) is 0 Å². The molecule has 2 amide bonds. The minimum absolute atomic E-state index is 0.154. The second-order valence-corrected chi connectivity index (χ2v) is 7.68. The summed E-state index contributed by atoms with van der Waals surface area (Å²) in [4.78, 5) is 23.7. The highest BCUT2D eigenvalue weighted by Crippen LogP contribution is 2.27. The van der Waals surface area contributed by atoms with E-state index in [0.29, 0.717) is 6.54 Å². The number of nitrogens with one attached hydrogen (secondary N) is 2. The highest BCUT2D eigenvalue weighted by Gasteiger charge is 2.16. The molecule has 0 atom stereocenters. The SMILES string of the molecule is CC(C)(C)OC(=O)CCNC(=O)NCCC(c1ccccc1)c1ccccc1. The fourth-order valence-electron chi connectivity index (χ4n) is 2.96. The van der Waals surface area contributed by atoms with Crippen LogP contribution in [-0.2, 0) is 9.53 Å². The van der Waals surface area contributed by atoms with Crippen molar-refractivity contribution in [3.05, 3.63) is 71.8 Å². The topological polar surface area (TPSA) is 67.4 Å². The molecule has 0 spiro atoms. The van der Waals surface area contributed by atoms with Crippen molar-refractivity contribution in [2.24, 2.45) is 0 Å². The largest absolute Gasteiger partial charge is 0.460 e. The Hall–Kier alpha value is -2.82. The van der Waals surface area contributed by atoms with Crippen LogP contribution in [0.3, 0.4) is 0 Å². The van der Waals surface area contributed by atoms with Gasteiger partial charge in [-0.15, -0.1) is 0 Å². The Balaban J connectivity index is 1.79. The van der Waals surface area contributed by atoms with Crippen LogP contribution >= 0.6 is 0 Å². The van der Waals surface area contributed by atoms with Crippen LogP contribution in [0.15, 0.2) is 60.7 Å². The standard InChI is InChI=1S/C23H30N2O3/c1-23(2,3)28-21(26)15-17-25-22(27)24-16-14-20(18-10-6-4-7-11-18)19-12-8-5-9-13-19/h4-13,20H,14-17H2,1-3H3,(H2,24,25,27). The van der Waals surface area contributed by atoms with Crippen LogP contribution < -0.4 is 10.6 Å². The van der Waals surface area contributed by atoms with Gasteiger partial charge in [0.25, 0.3) is 0 Å². The Labute approximate surface area is 167 Å². The summed E-state index contributed by atoms with van der Waals surface area (Å²) in [5.41, 5.74) is 1.94.